The van der Waals surface area contributed by atoms with E-state index in [4.69, 9.17) is 0 Å². The highest BCUT2D eigenvalue weighted by Gasteiger charge is 2.25. The van der Waals surface area contributed by atoms with Gasteiger partial charge in [0.1, 0.15) is 0 Å². The third-order valence-electron chi connectivity index (χ3n) is 3.84. The highest BCUT2D eigenvalue weighted by atomic mass is 32.1. The van der Waals surface area contributed by atoms with Crippen LogP contribution < -0.4 is 0 Å². The highest BCUT2D eigenvalue weighted by molar-refractivity contribution is 7.13. The average Bonchev–Trinajstić information content (AvgIpc) is 3.26. The Morgan fingerprint density at radius 3 is 2.87 bits per heavy atom. The van der Waals surface area contributed by atoms with Crippen LogP contribution in [-0.4, -0.2) is 33.0 Å². The number of carbonyl (C=O) groups is 1. The molecule has 0 fully saturated rings. The molecule has 3 heterocycles. The summed E-state index contributed by atoms with van der Waals surface area (Å²) in [5.41, 5.74) is 2.25. The van der Waals surface area contributed by atoms with Crippen molar-refractivity contribution in [2.45, 2.75) is 19.4 Å². The van der Waals surface area contributed by atoms with Gasteiger partial charge in [0.25, 0.3) is 5.91 Å². The summed E-state index contributed by atoms with van der Waals surface area (Å²) in [6.45, 7) is 2.05. The second kappa shape index (κ2) is 6.75. The first-order valence-electron chi connectivity index (χ1n) is 7.47. The molecule has 6 heteroatoms. The molecular formula is C17H18N4OS. The Hall–Kier alpha value is -2.47. The molecular weight excluding hydrogens is 308 g/mol. The number of nitrogens with zero attached hydrogens (tertiary/aromatic N) is 3. The van der Waals surface area contributed by atoms with Crippen molar-refractivity contribution in [3.8, 4) is 10.6 Å². The van der Waals surface area contributed by atoms with Gasteiger partial charge < -0.3 is 4.90 Å². The van der Waals surface area contributed by atoms with Crippen LogP contribution in [0.3, 0.4) is 0 Å². The van der Waals surface area contributed by atoms with Gasteiger partial charge in [0.15, 0.2) is 0 Å². The Labute approximate surface area is 139 Å². The van der Waals surface area contributed by atoms with Crippen molar-refractivity contribution in [2.24, 2.45) is 0 Å². The number of nitrogens with one attached hydrogen (secondary N) is 1. The smallest absolute Gasteiger partial charge is 0.258 e. The van der Waals surface area contributed by atoms with Crippen molar-refractivity contribution in [1.29, 1.82) is 0 Å². The van der Waals surface area contributed by atoms with Gasteiger partial charge in [0, 0.05) is 13.2 Å². The highest BCUT2D eigenvalue weighted by Crippen LogP contribution is 2.29. The summed E-state index contributed by atoms with van der Waals surface area (Å²) >= 11 is 1.58. The molecule has 0 bridgehead atoms. The molecule has 0 saturated carbocycles. The molecule has 0 aromatic carbocycles. The standard InChI is InChI=1S/C17H18N4OS/c1-3-14(13-7-4-5-9-18-13)21(2)17(22)12-11-19-20-16(12)15-8-6-10-23-15/h4-11,14H,3H2,1-2H3,(H,19,20)/t14-/m1/s1. The Bertz CT molecular complexity index is 767. The van der Waals surface area contributed by atoms with Crippen molar-refractivity contribution < 1.29 is 4.79 Å². The van der Waals surface area contributed by atoms with E-state index in [-0.39, 0.29) is 11.9 Å². The van der Waals surface area contributed by atoms with E-state index in [2.05, 4.69) is 22.1 Å². The second-order valence-corrected chi connectivity index (χ2v) is 6.18. The molecule has 1 atom stereocenters. The van der Waals surface area contributed by atoms with Gasteiger partial charge in [-0.2, -0.15) is 5.10 Å². The number of pyridine rings is 1. The van der Waals surface area contributed by atoms with Crippen molar-refractivity contribution in [3.63, 3.8) is 0 Å². The topological polar surface area (TPSA) is 61.9 Å². The fraction of sp³-hybridized carbons (Fsp3) is 0.235. The van der Waals surface area contributed by atoms with Crippen molar-refractivity contribution in [1.82, 2.24) is 20.1 Å². The molecule has 0 spiro atoms. The van der Waals surface area contributed by atoms with Crippen molar-refractivity contribution in [3.05, 3.63) is 59.4 Å². The third kappa shape index (κ3) is 3.03. The SMILES string of the molecule is CC[C@H](c1ccccn1)N(C)C(=O)c1cn[nH]c1-c1cccs1. The lowest BCUT2D eigenvalue weighted by Crippen LogP contribution is -2.31. The van der Waals surface area contributed by atoms with Crippen LogP contribution in [-0.2, 0) is 0 Å². The lowest BCUT2D eigenvalue weighted by atomic mass is 10.1. The fourth-order valence-electron chi connectivity index (χ4n) is 2.64. The molecule has 0 saturated heterocycles. The monoisotopic (exact) mass is 326 g/mol. The number of thiophene rings is 1. The van der Waals surface area contributed by atoms with E-state index in [1.165, 1.54) is 0 Å². The quantitative estimate of drug-likeness (QED) is 0.776. The van der Waals surface area contributed by atoms with Crippen LogP contribution in [0.5, 0.6) is 0 Å². The minimum atomic E-state index is -0.0604. The van der Waals surface area contributed by atoms with Gasteiger partial charge >= 0.3 is 0 Å². The molecule has 3 aromatic rings. The Kier molecular flexibility index (Phi) is 4.52. The minimum absolute atomic E-state index is 0.0559. The Balaban J connectivity index is 1.90. The molecule has 0 unspecified atom stereocenters. The Morgan fingerprint density at radius 1 is 1.35 bits per heavy atom. The molecule has 1 N–H and O–H groups in total. The summed E-state index contributed by atoms with van der Waals surface area (Å²) in [6, 6.07) is 9.65. The fourth-order valence-corrected chi connectivity index (χ4v) is 3.38. The van der Waals surface area contributed by atoms with E-state index in [0.29, 0.717) is 5.56 Å². The van der Waals surface area contributed by atoms with Crippen LogP contribution in [0.25, 0.3) is 10.6 Å². The van der Waals surface area contributed by atoms with E-state index in [0.717, 1.165) is 22.7 Å². The number of amides is 1. The first-order valence-corrected chi connectivity index (χ1v) is 8.35. The van der Waals surface area contributed by atoms with Gasteiger partial charge in [0.2, 0.25) is 0 Å². The van der Waals surface area contributed by atoms with E-state index in [9.17, 15) is 4.79 Å². The zero-order chi connectivity index (χ0) is 16.2. The summed E-state index contributed by atoms with van der Waals surface area (Å²) in [7, 11) is 1.82. The summed E-state index contributed by atoms with van der Waals surface area (Å²) in [5, 5.41) is 8.98. The molecule has 23 heavy (non-hydrogen) atoms. The first-order chi connectivity index (χ1) is 11.2. The molecule has 0 aliphatic rings. The summed E-state index contributed by atoms with van der Waals surface area (Å²) in [4.78, 5) is 20.1. The summed E-state index contributed by atoms with van der Waals surface area (Å²) in [5.74, 6) is -0.0559. The number of carbonyl (C=O) groups excluding carboxylic acids is 1. The molecule has 3 aromatic heterocycles. The molecule has 0 aliphatic carbocycles. The Morgan fingerprint density at radius 2 is 2.22 bits per heavy atom. The van der Waals surface area contributed by atoms with Crippen LogP contribution in [0.15, 0.2) is 48.1 Å². The van der Waals surface area contributed by atoms with E-state index in [1.807, 2.05) is 42.8 Å². The summed E-state index contributed by atoms with van der Waals surface area (Å²) < 4.78 is 0. The summed E-state index contributed by atoms with van der Waals surface area (Å²) in [6.07, 6.45) is 4.15. The van der Waals surface area contributed by atoms with Crippen molar-refractivity contribution >= 4 is 17.2 Å². The van der Waals surface area contributed by atoms with Gasteiger partial charge in [0.05, 0.1) is 34.1 Å². The van der Waals surface area contributed by atoms with Crippen LogP contribution in [0.4, 0.5) is 0 Å². The van der Waals surface area contributed by atoms with Crippen LogP contribution >= 0.6 is 11.3 Å². The predicted molar refractivity (Wildman–Crippen MR) is 91.3 cm³/mol. The lowest BCUT2D eigenvalue weighted by Gasteiger charge is -2.26. The molecule has 3 rings (SSSR count). The zero-order valence-corrected chi connectivity index (χ0v) is 13.9. The van der Waals surface area contributed by atoms with Gasteiger partial charge in [-0.1, -0.05) is 19.1 Å². The number of aromatic nitrogens is 3. The molecule has 0 radical (unpaired) electrons. The van der Waals surface area contributed by atoms with Gasteiger partial charge in [-0.05, 0) is 30.0 Å². The largest absolute Gasteiger partial charge is 0.333 e. The minimum Gasteiger partial charge on any atom is -0.333 e. The maximum absolute atomic E-state index is 12.9. The number of hydrogen-bond acceptors (Lipinski definition) is 4. The van der Waals surface area contributed by atoms with E-state index >= 15 is 0 Å². The van der Waals surface area contributed by atoms with E-state index in [1.54, 1.807) is 28.6 Å². The molecule has 5 nitrogen and oxygen atoms in total. The van der Waals surface area contributed by atoms with Crippen LogP contribution in [0.2, 0.25) is 0 Å². The molecule has 118 valence electrons. The third-order valence-corrected chi connectivity index (χ3v) is 4.73. The van der Waals surface area contributed by atoms with Gasteiger partial charge in [-0.15, -0.1) is 11.3 Å². The normalized spacial score (nSPS) is 12.1. The average molecular weight is 326 g/mol. The molecule has 0 aliphatic heterocycles. The molecule has 1 amide bonds. The zero-order valence-electron chi connectivity index (χ0n) is 13.1. The van der Waals surface area contributed by atoms with E-state index < -0.39 is 0 Å². The predicted octanol–water partition coefficient (Wildman–Crippen LogP) is 3.76. The number of aromatic amines is 1. The number of hydrogen-bond donors (Lipinski definition) is 1. The van der Waals surface area contributed by atoms with Crippen LogP contribution in [0.1, 0.15) is 35.4 Å². The van der Waals surface area contributed by atoms with Crippen molar-refractivity contribution in [2.75, 3.05) is 7.05 Å². The first kappa shape index (κ1) is 15.4. The lowest BCUT2D eigenvalue weighted by molar-refractivity contribution is 0.0723. The maximum atomic E-state index is 12.9. The maximum Gasteiger partial charge on any atom is 0.258 e. The van der Waals surface area contributed by atoms with Gasteiger partial charge in [-0.25, -0.2) is 0 Å². The number of rotatable bonds is 5. The second-order valence-electron chi connectivity index (χ2n) is 5.23. The van der Waals surface area contributed by atoms with Crippen LogP contribution in [0, 0.1) is 0 Å². The number of H-pyrrole nitrogens is 1. The van der Waals surface area contributed by atoms with Gasteiger partial charge in [-0.3, -0.25) is 14.9 Å².